The summed E-state index contributed by atoms with van der Waals surface area (Å²) in [4.78, 5) is 11.9. The van der Waals surface area contributed by atoms with E-state index in [0.29, 0.717) is 25.5 Å². The topological polar surface area (TPSA) is 59.4 Å². The van der Waals surface area contributed by atoms with Crippen LogP contribution in [-0.4, -0.2) is 37.4 Å². The zero-order valence-electron chi connectivity index (χ0n) is 14.7. The van der Waals surface area contributed by atoms with Crippen molar-refractivity contribution >= 4 is 23.3 Å². The lowest BCUT2D eigenvalue weighted by atomic mass is 9.89. The molecule has 0 amide bonds. The molecule has 0 heterocycles. The Morgan fingerprint density at radius 1 is 0.962 bits per heavy atom. The Morgan fingerprint density at radius 3 is 2.08 bits per heavy atom. The summed E-state index contributed by atoms with van der Waals surface area (Å²) < 4.78 is 10.5. The number of hydrogen-bond acceptors (Lipinski definition) is 4. The van der Waals surface area contributed by atoms with E-state index in [0.717, 1.165) is 0 Å². The number of nitrogens with one attached hydrogen (secondary N) is 1. The minimum absolute atomic E-state index is 0.0520. The summed E-state index contributed by atoms with van der Waals surface area (Å²) in [5.41, 5.74) is 2.58. The van der Waals surface area contributed by atoms with Crippen molar-refractivity contribution in [3.8, 4) is 0 Å². The van der Waals surface area contributed by atoms with Gasteiger partial charge in [-0.05, 0) is 17.5 Å². The summed E-state index contributed by atoms with van der Waals surface area (Å²) in [7, 11) is 0. The molecule has 0 bridgehead atoms. The first kappa shape index (κ1) is 20.1. The van der Waals surface area contributed by atoms with Crippen molar-refractivity contribution in [3.05, 3.63) is 71.8 Å². The van der Waals surface area contributed by atoms with Gasteiger partial charge in [0.05, 0.1) is 26.2 Å². The van der Waals surface area contributed by atoms with E-state index in [4.69, 9.17) is 26.5 Å². The van der Waals surface area contributed by atoms with Crippen LogP contribution in [0.1, 0.15) is 29.9 Å². The molecular formula is C21H24ClNO3. The summed E-state index contributed by atoms with van der Waals surface area (Å²) in [5, 5.41) is 7.72. The van der Waals surface area contributed by atoms with E-state index in [9.17, 15) is 4.79 Å². The summed E-state index contributed by atoms with van der Waals surface area (Å²) in [5.74, 6) is 0.138. The Hall–Kier alpha value is -2.17. The van der Waals surface area contributed by atoms with Crippen LogP contribution < -0.4 is 0 Å². The summed E-state index contributed by atoms with van der Waals surface area (Å²) >= 11 is 5.50. The SMILES string of the molecule is N=C(COCCCl)CC(=O)OCCC(c1ccccc1)c1ccccc1. The Bertz CT molecular complexity index is 637. The smallest absolute Gasteiger partial charge is 0.311 e. The van der Waals surface area contributed by atoms with Crippen LogP contribution in [0.3, 0.4) is 0 Å². The van der Waals surface area contributed by atoms with E-state index in [1.165, 1.54) is 11.1 Å². The largest absolute Gasteiger partial charge is 0.465 e. The molecule has 0 spiro atoms. The van der Waals surface area contributed by atoms with Gasteiger partial charge >= 0.3 is 5.97 Å². The lowest BCUT2D eigenvalue weighted by molar-refractivity contribution is -0.142. The first-order chi connectivity index (χ1) is 12.7. The zero-order chi connectivity index (χ0) is 18.6. The molecule has 2 aromatic rings. The minimum atomic E-state index is -0.399. The highest BCUT2D eigenvalue weighted by atomic mass is 35.5. The highest BCUT2D eigenvalue weighted by Gasteiger charge is 2.15. The molecule has 0 fully saturated rings. The van der Waals surface area contributed by atoms with Gasteiger partial charge in [-0.15, -0.1) is 11.6 Å². The van der Waals surface area contributed by atoms with Crippen LogP contribution in [0.15, 0.2) is 60.7 Å². The maximum Gasteiger partial charge on any atom is 0.311 e. The molecule has 4 nitrogen and oxygen atoms in total. The third-order valence-corrected chi connectivity index (χ3v) is 4.08. The average Bonchev–Trinajstić information content (AvgIpc) is 2.67. The number of hydrogen-bond donors (Lipinski definition) is 1. The normalized spacial score (nSPS) is 10.7. The van der Waals surface area contributed by atoms with Crippen LogP contribution in [0.4, 0.5) is 0 Å². The molecule has 0 aromatic heterocycles. The van der Waals surface area contributed by atoms with Crippen molar-refractivity contribution in [2.75, 3.05) is 25.7 Å². The maximum absolute atomic E-state index is 11.9. The molecule has 0 unspecified atom stereocenters. The molecule has 0 aliphatic heterocycles. The fraction of sp³-hybridized carbons (Fsp3) is 0.333. The maximum atomic E-state index is 11.9. The lowest BCUT2D eigenvalue weighted by Gasteiger charge is -2.18. The molecule has 0 aliphatic rings. The number of ether oxygens (including phenoxy) is 2. The van der Waals surface area contributed by atoms with Gasteiger partial charge in [0.2, 0.25) is 0 Å². The van der Waals surface area contributed by atoms with Gasteiger partial charge in [0, 0.05) is 17.5 Å². The first-order valence-corrected chi connectivity index (χ1v) is 9.19. The number of carbonyl (C=O) groups is 1. The number of halogens is 1. The minimum Gasteiger partial charge on any atom is -0.465 e. The summed E-state index contributed by atoms with van der Waals surface area (Å²) in [6, 6.07) is 20.4. The van der Waals surface area contributed by atoms with Crippen LogP contribution in [0, 0.1) is 5.41 Å². The Labute approximate surface area is 159 Å². The highest BCUT2D eigenvalue weighted by molar-refractivity contribution is 6.18. The van der Waals surface area contributed by atoms with Gasteiger partial charge in [0.25, 0.3) is 0 Å². The summed E-state index contributed by atoms with van der Waals surface area (Å²) in [6.45, 7) is 0.788. The molecule has 0 atom stereocenters. The lowest BCUT2D eigenvalue weighted by Crippen LogP contribution is -2.17. The van der Waals surface area contributed by atoms with Gasteiger partial charge in [-0.3, -0.25) is 4.79 Å². The van der Waals surface area contributed by atoms with E-state index < -0.39 is 5.97 Å². The molecule has 0 saturated carbocycles. The van der Waals surface area contributed by atoms with E-state index in [2.05, 4.69) is 24.3 Å². The van der Waals surface area contributed by atoms with Crippen molar-refractivity contribution in [2.24, 2.45) is 0 Å². The van der Waals surface area contributed by atoms with Crippen LogP contribution in [0.5, 0.6) is 0 Å². The number of alkyl halides is 1. The molecule has 138 valence electrons. The predicted molar refractivity (Wildman–Crippen MR) is 104 cm³/mol. The molecule has 0 radical (unpaired) electrons. The van der Waals surface area contributed by atoms with Gasteiger partial charge in [0.1, 0.15) is 0 Å². The Balaban J connectivity index is 1.86. The van der Waals surface area contributed by atoms with Crippen molar-refractivity contribution in [1.82, 2.24) is 0 Å². The standard InChI is InChI=1S/C21H24ClNO3/c22-12-14-25-16-19(23)15-21(24)26-13-11-20(17-7-3-1-4-8-17)18-9-5-2-6-10-18/h1-10,20,23H,11-16H2. The molecule has 2 aromatic carbocycles. The van der Waals surface area contributed by atoms with E-state index >= 15 is 0 Å². The van der Waals surface area contributed by atoms with E-state index in [1.807, 2.05) is 36.4 Å². The summed E-state index contributed by atoms with van der Waals surface area (Å²) in [6.07, 6.45) is 0.638. The van der Waals surface area contributed by atoms with Gasteiger partial charge in [0.15, 0.2) is 0 Å². The van der Waals surface area contributed by atoms with Gasteiger partial charge in [-0.1, -0.05) is 60.7 Å². The van der Waals surface area contributed by atoms with Gasteiger partial charge in [-0.25, -0.2) is 0 Å². The zero-order valence-corrected chi connectivity index (χ0v) is 15.5. The molecule has 1 N–H and O–H groups in total. The fourth-order valence-corrected chi connectivity index (χ4v) is 2.82. The van der Waals surface area contributed by atoms with Crippen molar-refractivity contribution in [3.63, 3.8) is 0 Å². The molecular weight excluding hydrogens is 350 g/mol. The highest BCUT2D eigenvalue weighted by Crippen LogP contribution is 2.27. The molecule has 5 heteroatoms. The van der Waals surface area contributed by atoms with Crippen LogP contribution in [0.25, 0.3) is 0 Å². The monoisotopic (exact) mass is 373 g/mol. The van der Waals surface area contributed by atoms with Crippen molar-refractivity contribution < 1.29 is 14.3 Å². The second-order valence-corrected chi connectivity index (χ2v) is 6.28. The Morgan fingerprint density at radius 2 is 1.54 bits per heavy atom. The first-order valence-electron chi connectivity index (χ1n) is 8.66. The Kier molecular flexibility index (Phi) is 8.87. The molecule has 0 aliphatic carbocycles. The number of benzene rings is 2. The second kappa shape index (κ2) is 11.4. The van der Waals surface area contributed by atoms with Crippen LogP contribution >= 0.6 is 11.6 Å². The molecule has 26 heavy (non-hydrogen) atoms. The average molecular weight is 374 g/mol. The van der Waals surface area contributed by atoms with Gasteiger partial charge in [-0.2, -0.15) is 0 Å². The quantitative estimate of drug-likeness (QED) is 0.274. The van der Waals surface area contributed by atoms with Crippen molar-refractivity contribution in [1.29, 1.82) is 5.41 Å². The van der Waals surface area contributed by atoms with E-state index in [-0.39, 0.29) is 24.7 Å². The number of rotatable bonds is 11. The number of esters is 1. The van der Waals surface area contributed by atoms with Crippen LogP contribution in [-0.2, 0) is 14.3 Å². The third kappa shape index (κ3) is 6.98. The molecule has 0 saturated heterocycles. The predicted octanol–water partition coefficient (Wildman–Crippen LogP) is 4.42. The van der Waals surface area contributed by atoms with E-state index in [1.54, 1.807) is 0 Å². The van der Waals surface area contributed by atoms with Crippen LogP contribution in [0.2, 0.25) is 0 Å². The van der Waals surface area contributed by atoms with Gasteiger partial charge < -0.3 is 14.9 Å². The van der Waals surface area contributed by atoms with Crippen molar-refractivity contribution in [2.45, 2.75) is 18.8 Å². The second-order valence-electron chi connectivity index (χ2n) is 5.90. The fourth-order valence-electron chi connectivity index (χ4n) is 2.71. The molecule has 2 rings (SSSR count). The number of carbonyl (C=O) groups excluding carboxylic acids is 1. The third-order valence-electron chi connectivity index (χ3n) is 3.93.